The van der Waals surface area contributed by atoms with Crippen LogP contribution in [-0.4, -0.2) is 5.11 Å². The normalized spacial score (nSPS) is 30.4. The fourth-order valence-electron chi connectivity index (χ4n) is 2.61. The lowest BCUT2D eigenvalue weighted by Gasteiger charge is -2.46. The van der Waals surface area contributed by atoms with Crippen molar-refractivity contribution in [1.82, 2.24) is 0 Å². The summed E-state index contributed by atoms with van der Waals surface area (Å²) in [4.78, 5) is 2.45. The van der Waals surface area contributed by atoms with Gasteiger partial charge in [-0.05, 0) is 37.3 Å². The van der Waals surface area contributed by atoms with Gasteiger partial charge in [0.15, 0.2) is 0 Å². The number of thiophene rings is 1. The fourth-order valence-corrected chi connectivity index (χ4v) is 3.77. The molecule has 1 unspecified atom stereocenters. The van der Waals surface area contributed by atoms with Crippen LogP contribution in [0.15, 0.2) is 12.1 Å². The van der Waals surface area contributed by atoms with Gasteiger partial charge in [-0.1, -0.05) is 26.7 Å². The van der Waals surface area contributed by atoms with E-state index >= 15 is 0 Å². The Bertz CT molecular complexity index is 353. The van der Waals surface area contributed by atoms with E-state index in [1.807, 2.05) is 0 Å². The van der Waals surface area contributed by atoms with Gasteiger partial charge in [0.2, 0.25) is 0 Å². The molecule has 1 aromatic rings. The molecule has 15 heavy (non-hydrogen) atoms. The van der Waals surface area contributed by atoms with Crippen molar-refractivity contribution in [1.29, 1.82) is 0 Å². The third-order valence-electron chi connectivity index (χ3n) is 3.86. The molecule has 1 aliphatic rings. The van der Waals surface area contributed by atoms with Crippen molar-refractivity contribution in [2.75, 3.05) is 0 Å². The van der Waals surface area contributed by atoms with Gasteiger partial charge < -0.3 is 5.11 Å². The first-order chi connectivity index (χ1) is 6.96. The van der Waals surface area contributed by atoms with E-state index in [0.717, 1.165) is 24.1 Å². The zero-order valence-electron chi connectivity index (χ0n) is 9.84. The molecule has 1 fully saturated rings. The number of aliphatic hydroxyl groups is 1. The van der Waals surface area contributed by atoms with Gasteiger partial charge in [0.05, 0.1) is 0 Å². The van der Waals surface area contributed by atoms with Crippen LogP contribution in [0.5, 0.6) is 0 Å². The first-order valence-corrected chi connectivity index (χ1v) is 6.57. The zero-order valence-corrected chi connectivity index (χ0v) is 10.7. The number of rotatable bonds is 1. The number of aryl methyl sites for hydroxylation is 1. The summed E-state index contributed by atoms with van der Waals surface area (Å²) in [6.45, 7) is 6.50. The summed E-state index contributed by atoms with van der Waals surface area (Å²) in [5, 5.41) is 10.9. The average molecular weight is 224 g/mol. The van der Waals surface area contributed by atoms with Crippen LogP contribution in [0.25, 0.3) is 0 Å². The van der Waals surface area contributed by atoms with Gasteiger partial charge in [-0.2, -0.15) is 0 Å². The molecule has 1 saturated carbocycles. The SMILES string of the molecule is Cc1ccc(C2(O)CCCCC2(C)C)s1. The Hall–Kier alpha value is -0.340. The maximum absolute atomic E-state index is 10.9. The molecule has 1 heterocycles. The van der Waals surface area contributed by atoms with Crippen molar-refractivity contribution in [3.05, 3.63) is 21.9 Å². The molecule has 1 aliphatic carbocycles. The second-order valence-electron chi connectivity index (χ2n) is 5.36. The van der Waals surface area contributed by atoms with Crippen molar-refractivity contribution >= 4 is 11.3 Å². The van der Waals surface area contributed by atoms with Gasteiger partial charge in [0.25, 0.3) is 0 Å². The standard InChI is InChI=1S/C13H20OS/c1-10-6-7-11(15-10)13(14)9-5-4-8-12(13,2)3/h6-7,14H,4-5,8-9H2,1-3H3. The molecule has 0 saturated heterocycles. The Kier molecular flexibility index (Phi) is 2.68. The summed E-state index contributed by atoms with van der Waals surface area (Å²) in [7, 11) is 0. The number of hydrogen-bond acceptors (Lipinski definition) is 2. The molecule has 1 nitrogen and oxygen atoms in total. The van der Waals surface area contributed by atoms with Crippen molar-refractivity contribution in [3.8, 4) is 0 Å². The van der Waals surface area contributed by atoms with E-state index in [2.05, 4.69) is 32.9 Å². The van der Waals surface area contributed by atoms with Crippen LogP contribution in [0.4, 0.5) is 0 Å². The van der Waals surface area contributed by atoms with Gasteiger partial charge in [-0.15, -0.1) is 11.3 Å². The number of hydrogen-bond donors (Lipinski definition) is 1. The van der Waals surface area contributed by atoms with Crippen LogP contribution < -0.4 is 0 Å². The predicted octanol–water partition coefficient (Wildman–Crippen LogP) is 3.84. The summed E-state index contributed by atoms with van der Waals surface area (Å²) in [5.74, 6) is 0. The molecular weight excluding hydrogens is 204 g/mol. The molecule has 0 radical (unpaired) electrons. The van der Waals surface area contributed by atoms with Gasteiger partial charge in [0, 0.05) is 9.75 Å². The summed E-state index contributed by atoms with van der Waals surface area (Å²) in [6.07, 6.45) is 4.44. The molecule has 84 valence electrons. The van der Waals surface area contributed by atoms with E-state index in [4.69, 9.17) is 0 Å². The second kappa shape index (κ2) is 3.60. The van der Waals surface area contributed by atoms with Crippen molar-refractivity contribution in [3.63, 3.8) is 0 Å². The van der Waals surface area contributed by atoms with Crippen LogP contribution in [0.3, 0.4) is 0 Å². The van der Waals surface area contributed by atoms with Crippen LogP contribution in [0.2, 0.25) is 0 Å². The molecule has 1 N–H and O–H groups in total. The van der Waals surface area contributed by atoms with E-state index in [1.165, 1.54) is 11.3 Å². The van der Waals surface area contributed by atoms with Gasteiger partial charge >= 0.3 is 0 Å². The van der Waals surface area contributed by atoms with E-state index in [-0.39, 0.29) is 5.41 Å². The lowest BCUT2D eigenvalue weighted by molar-refractivity contribution is -0.101. The van der Waals surface area contributed by atoms with Crippen LogP contribution in [-0.2, 0) is 5.60 Å². The molecule has 2 heteroatoms. The molecule has 0 aliphatic heterocycles. The molecule has 0 bridgehead atoms. The minimum Gasteiger partial charge on any atom is -0.384 e. The molecule has 0 aromatic carbocycles. The fraction of sp³-hybridized carbons (Fsp3) is 0.692. The Balaban J connectivity index is 2.39. The predicted molar refractivity (Wildman–Crippen MR) is 65.2 cm³/mol. The molecule has 0 spiro atoms. The minimum absolute atomic E-state index is 0.0164. The lowest BCUT2D eigenvalue weighted by Crippen LogP contribution is -2.43. The Morgan fingerprint density at radius 3 is 2.40 bits per heavy atom. The average Bonchev–Trinajstić information content (AvgIpc) is 2.58. The van der Waals surface area contributed by atoms with E-state index in [0.29, 0.717) is 0 Å². The smallest absolute Gasteiger partial charge is 0.104 e. The van der Waals surface area contributed by atoms with Crippen molar-refractivity contribution in [2.45, 2.75) is 52.1 Å². The maximum atomic E-state index is 10.9. The topological polar surface area (TPSA) is 20.2 Å². The summed E-state index contributed by atoms with van der Waals surface area (Å²) in [5.41, 5.74) is -0.577. The highest BCUT2D eigenvalue weighted by molar-refractivity contribution is 7.12. The molecule has 0 amide bonds. The molecule has 1 aromatic heterocycles. The second-order valence-corrected chi connectivity index (χ2v) is 6.65. The van der Waals surface area contributed by atoms with Crippen molar-refractivity contribution in [2.24, 2.45) is 5.41 Å². The van der Waals surface area contributed by atoms with Gasteiger partial charge in [-0.3, -0.25) is 0 Å². The highest BCUT2D eigenvalue weighted by Crippen LogP contribution is 2.51. The van der Waals surface area contributed by atoms with E-state index < -0.39 is 5.60 Å². The van der Waals surface area contributed by atoms with Gasteiger partial charge in [0.1, 0.15) is 5.60 Å². The third kappa shape index (κ3) is 1.74. The lowest BCUT2D eigenvalue weighted by atomic mass is 9.65. The van der Waals surface area contributed by atoms with Crippen LogP contribution in [0.1, 0.15) is 49.3 Å². The highest BCUT2D eigenvalue weighted by Gasteiger charge is 2.47. The zero-order chi connectivity index (χ0) is 11.1. The Morgan fingerprint density at radius 2 is 1.87 bits per heavy atom. The van der Waals surface area contributed by atoms with E-state index in [1.54, 1.807) is 11.3 Å². The van der Waals surface area contributed by atoms with Crippen LogP contribution >= 0.6 is 11.3 Å². The first kappa shape index (κ1) is 11.2. The van der Waals surface area contributed by atoms with Gasteiger partial charge in [-0.25, -0.2) is 0 Å². The third-order valence-corrected chi connectivity index (χ3v) is 5.01. The summed E-state index contributed by atoms with van der Waals surface area (Å²) < 4.78 is 0. The molecular formula is C13H20OS. The summed E-state index contributed by atoms with van der Waals surface area (Å²) in [6, 6.07) is 4.22. The van der Waals surface area contributed by atoms with Crippen LogP contribution in [0, 0.1) is 12.3 Å². The Morgan fingerprint density at radius 1 is 1.20 bits per heavy atom. The maximum Gasteiger partial charge on any atom is 0.104 e. The largest absolute Gasteiger partial charge is 0.384 e. The monoisotopic (exact) mass is 224 g/mol. The quantitative estimate of drug-likeness (QED) is 0.768. The molecule has 2 rings (SSSR count). The van der Waals surface area contributed by atoms with E-state index in [9.17, 15) is 5.11 Å². The molecule has 1 atom stereocenters. The minimum atomic E-state index is -0.593. The van der Waals surface area contributed by atoms with Crippen molar-refractivity contribution < 1.29 is 5.11 Å². The Labute approximate surface area is 96.1 Å². The first-order valence-electron chi connectivity index (χ1n) is 5.75. The summed E-state index contributed by atoms with van der Waals surface area (Å²) >= 11 is 1.75. The highest BCUT2D eigenvalue weighted by atomic mass is 32.1.